The van der Waals surface area contributed by atoms with E-state index in [1.807, 2.05) is 42.5 Å². The molecule has 0 aliphatic heterocycles. The van der Waals surface area contributed by atoms with Crippen molar-refractivity contribution in [3.05, 3.63) is 65.7 Å². The Bertz CT molecular complexity index is 467. The second-order valence-electron chi connectivity index (χ2n) is 4.20. The number of aliphatic hydroxyl groups excluding tert-OH is 1. The minimum Gasteiger partial charge on any atom is -0.398 e. The lowest BCUT2D eigenvalue weighted by atomic mass is 9.91. The quantitative estimate of drug-likeness (QED) is 0.789. The van der Waals surface area contributed by atoms with E-state index in [4.69, 9.17) is 5.73 Å². The van der Waals surface area contributed by atoms with Gasteiger partial charge in [0.05, 0.1) is 6.61 Å². The number of anilines is 1. The summed E-state index contributed by atoms with van der Waals surface area (Å²) < 4.78 is 0. The third-order valence-corrected chi connectivity index (χ3v) is 2.98. The summed E-state index contributed by atoms with van der Waals surface area (Å²) in [4.78, 5) is 0. The molecule has 2 aromatic carbocycles. The van der Waals surface area contributed by atoms with Gasteiger partial charge in [0.2, 0.25) is 0 Å². The number of nitrogens with two attached hydrogens (primary N) is 1. The van der Waals surface area contributed by atoms with Crippen molar-refractivity contribution >= 4 is 5.69 Å². The van der Waals surface area contributed by atoms with Crippen LogP contribution in [0.2, 0.25) is 0 Å². The van der Waals surface area contributed by atoms with Gasteiger partial charge >= 0.3 is 0 Å². The lowest BCUT2D eigenvalue weighted by molar-refractivity contribution is 0.265. The predicted octanol–water partition coefficient (Wildman–Crippen LogP) is 2.59. The zero-order valence-electron chi connectivity index (χ0n) is 9.71. The molecule has 1 atom stereocenters. The first-order valence-corrected chi connectivity index (χ1v) is 5.80. The van der Waals surface area contributed by atoms with Crippen molar-refractivity contribution in [1.29, 1.82) is 0 Å². The first kappa shape index (κ1) is 11.7. The molecular weight excluding hydrogens is 210 g/mol. The summed E-state index contributed by atoms with van der Waals surface area (Å²) in [6, 6.07) is 17.9. The van der Waals surface area contributed by atoms with Gasteiger partial charge in [0, 0.05) is 11.6 Å². The summed E-state index contributed by atoms with van der Waals surface area (Å²) in [6.45, 7) is 0.114. The molecule has 0 saturated heterocycles. The van der Waals surface area contributed by atoms with E-state index in [9.17, 15) is 5.11 Å². The molecule has 0 spiro atoms. The number of para-hydroxylation sites is 1. The molecule has 2 heteroatoms. The summed E-state index contributed by atoms with van der Waals surface area (Å²) >= 11 is 0. The van der Waals surface area contributed by atoms with E-state index in [0.29, 0.717) is 0 Å². The van der Waals surface area contributed by atoms with Gasteiger partial charge in [0.15, 0.2) is 0 Å². The normalized spacial score (nSPS) is 12.3. The molecule has 0 heterocycles. The Kier molecular flexibility index (Phi) is 3.78. The molecule has 2 nitrogen and oxygen atoms in total. The summed E-state index contributed by atoms with van der Waals surface area (Å²) in [5.74, 6) is 0.0681. The molecule has 88 valence electrons. The topological polar surface area (TPSA) is 46.2 Å². The second kappa shape index (κ2) is 5.51. The molecule has 0 fully saturated rings. The van der Waals surface area contributed by atoms with Gasteiger partial charge in [-0.25, -0.2) is 0 Å². The molecule has 0 radical (unpaired) electrons. The number of hydrogen-bond donors (Lipinski definition) is 2. The average molecular weight is 227 g/mol. The van der Waals surface area contributed by atoms with Crippen LogP contribution >= 0.6 is 0 Å². The third-order valence-electron chi connectivity index (χ3n) is 2.98. The average Bonchev–Trinajstić information content (AvgIpc) is 2.38. The molecule has 0 aromatic heterocycles. The largest absolute Gasteiger partial charge is 0.398 e. The molecule has 1 unspecified atom stereocenters. The van der Waals surface area contributed by atoms with Gasteiger partial charge in [-0.3, -0.25) is 0 Å². The van der Waals surface area contributed by atoms with E-state index in [-0.39, 0.29) is 12.5 Å². The highest BCUT2D eigenvalue weighted by atomic mass is 16.3. The summed E-state index contributed by atoms with van der Waals surface area (Å²) in [5.41, 5.74) is 8.94. The first-order chi connectivity index (χ1) is 8.31. The fourth-order valence-electron chi connectivity index (χ4n) is 2.05. The highest BCUT2D eigenvalue weighted by molar-refractivity contribution is 5.48. The summed E-state index contributed by atoms with van der Waals surface area (Å²) in [5, 5.41) is 9.51. The highest BCUT2D eigenvalue weighted by Crippen LogP contribution is 2.25. The van der Waals surface area contributed by atoms with Crippen LogP contribution in [0.5, 0.6) is 0 Å². The first-order valence-electron chi connectivity index (χ1n) is 5.80. The van der Waals surface area contributed by atoms with Gasteiger partial charge in [-0.05, 0) is 23.6 Å². The van der Waals surface area contributed by atoms with Crippen molar-refractivity contribution in [2.45, 2.75) is 12.3 Å². The lowest BCUT2D eigenvalue weighted by Gasteiger charge is -2.16. The van der Waals surface area contributed by atoms with Crippen LogP contribution in [0.4, 0.5) is 5.69 Å². The third kappa shape index (κ3) is 2.86. The Hall–Kier alpha value is -1.80. The predicted molar refractivity (Wildman–Crippen MR) is 70.8 cm³/mol. The number of aliphatic hydroxyl groups is 1. The number of benzene rings is 2. The monoisotopic (exact) mass is 227 g/mol. The smallest absolute Gasteiger partial charge is 0.0503 e. The molecule has 0 aliphatic carbocycles. The molecule has 0 saturated carbocycles. The SMILES string of the molecule is Nc1ccccc1C(CO)Cc1ccccc1. The fraction of sp³-hybridized carbons (Fsp3) is 0.200. The molecule has 3 N–H and O–H groups in total. The lowest BCUT2D eigenvalue weighted by Crippen LogP contribution is -2.10. The van der Waals surface area contributed by atoms with Gasteiger partial charge in [0.25, 0.3) is 0 Å². The Balaban J connectivity index is 2.21. The zero-order valence-corrected chi connectivity index (χ0v) is 9.71. The minimum atomic E-state index is 0.0681. The maximum absolute atomic E-state index is 9.51. The van der Waals surface area contributed by atoms with Crippen molar-refractivity contribution < 1.29 is 5.11 Å². The van der Waals surface area contributed by atoms with Crippen LogP contribution in [0.15, 0.2) is 54.6 Å². The Morgan fingerprint density at radius 3 is 2.24 bits per heavy atom. The van der Waals surface area contributed by atoms with Crippen LogP contribution in [-0.2, 0) is 6.42 Å². The van der Waals surface area contributed by atoms with Gasteiger partial charge in [0.1, 0.15) is 0 Å². The van der Waals surface area contributed by atoms with E-state index in [1.54, 1.807) is 0 Å². The molecular formula is C15H17NO. The minimum absolute atomic E-state index is 0.0681. The van der Waals surface area contributed by atoms with Crippen LogP contribution < -0.4 is 5.73 Å². The van der Waals surface area contributed by atoms with E-state index in [1.165, 1.54) is 5.56 Å². The van der Waals surface area contributed by atoms with Crippen molar-refractivity contribution in [3.63, 3.8) is 0 Å². The van der Waals surface area contributed by atoms with E-state index in [2.05, 4.69) is 12.1 Å². The van der Waals surface area contributed by atoms with E-state index >= 15 is 0 Å². The van der Waals surface area contributed by atoms with Crippen molar-refractivity contribution in [3.8, 4) is 0 Å². The second-order valence-corrected chi connectivity index (χ2v) is 4.20. The Labute approximate surface area is 102 Å². The van der Waals surface area contributed by atoms with Gasteiger partial charge in [-0.1, -0.05) is 48.5 Å². The van der Waals surface area contributed by atoms with E-state index < -0.39 is 0 Å². The summed E-state index contributed by atoms with van der Waals surface area (Å²) in [6.07, 6.45) is 0.811. The standard InChI is InChI=1S/C15H17NO/c16-15-9-5-4-8-14(15)13(11-17)10-12-6-2-1-3-7-12/h1-9,13,17H,10-11,16H2. The van der Waals surface area contributed by atoms with Crippen LogP contribution in [-0.4, -0.2) is 11.7 Å². The van der Waals surface area contributed by atoms with Crippen molar-refractivity contribution in [2.75, 3.05) is 12.3 Å². The van der Waals surface area contributed by atoms with Crippen LogP contribution in [0.1, 0.15) is 17.0 Å². The summed E-state index contributed by atoms with van der Waals surface area (Å²) in [7, 11) is 0. The maximum Gasteiger partial charge on any atom is 0.0503 e. The van der Waals surface area contributed by atoms with Crippen LogP contribution in [0, 0.1) is 0 Å². The van der Waals surface area contributed by atoms with Gasteiger partial charge in [-0.15, -0.1) is 0 Å². The molecule has 17 heavy (non-hydrogen) atoms. The molecule has 0 aliphatic rings. The number of nitrogen functional groups attached to an aromatic ring is 1. The van der Waals surface area contributed by atoms with Crippen molar-refractivity contribution in [1.82, 2.24) is 0 Å². The van der Waals surface area contributed by atoms with Crippen LogP contribution in [0.25, 0.3) is 0 Å². The zero-order chi connectivity index (χ0) is 12.1. The molecule has 2 rings (SSSR count). The van der Waals surface area contributed by atoms with Crippen LogP contribution in [0.3, 0.4) is 0 Å². The fourth-order valence-corrected chi connectivity index (χ4v) is 2.05. The molecule has 0 amide bonds. The van der Waals surface area contributed by atoms with E-state index in [0.717, 1.165) is 17.7 Å². The maximum atomic E-state index is 9.51. The Morgan fingerprint density at radius 1 is 0.941 bits per heavy atom. The number of rotatable bonds is 4. The Morgan fingerprint density at radius 2 is 1.59 bits per heavy atom. The number of hydrogen-bond acceptors (Lipinski definition) is 2. The van der Waals surface area contributed by atoms with Crippen molar-refractivity contribution in [2.24, 2.45) is 0 Å². The van der Waals surface area contributed by atoms with Gasteiger partial charge in [-0.2, -0.15) is 0 Å². The highest BCUT2D eigenvalue weighted by Gasteiger charge is 2.13. The van der Waals surface area contributed by atoms with Gasteiger partial charge < -0.3 is 10.8 Å². The molecule has 2 aromatic rings. The molecule has 0 bridgehead atoms.